The van der Waals surface area contributed by atoms with Crippen molar-refractivity contribution in [1.82, 2.24) is 0 Å². The number of halogens is 3. The average molecular weight is 238 g/mol. The minimum atomic E-state index is -0.362. The predicted molar refractivity (Wildman–Crippen MR) is 47.0 cm³/mol. The van der Waals surface area contributed by atoms with Gasteiger partial charge in [-0.05, 0) is 33.6 Å². The molecule has 1 rings (SSSR count). The van der Waals surface area contributed by atoms with Crippen LogP contribution in [0.3, 0.4) is 0 Å². The maximum atomic E-state index is 12.6. The molecule has 2 N–H and O–H groups in total. The van der Waals surface area contributed by atoms with E-state index >= 15 is 0 Å². The van der Waals surface area contributed by atoms with Crippen molar-refractivity contribution in [2.45, 2.75) is 6.54 Å². The second-order valence-corrected chi connectivity index (χ2v) is 3.27. The second kappa shape index (κ2) is 3.52. The lowest BCUT2D eigenvalue weighted by atomic mass is 10.2. The molecule has 0 saturated heterocycles. The summed E-state index contributed by atoms with van der Waals surface area (Å²) >= 11 is 8.85. The van der Waals surface area contributed by atoms with Crippen LogP contribution in [0.2, 0.25) is 5.02 Å². The molecule has 0 unspecified atom stereocenters. The van der Waals surface area contributed by atoms with Crippen LogP contribution in [0, 0.1) is 5.82 Å². The van der Waals surface area contributed by atoms with Crippen molar-refractivity contribution in [2.75, 3.05) is 0 Å². The summed E-state index contributed by atoms with van der Waals surface area (Å²) in [5.74, 6) is -0.362. The first-order chi connectivity index (χ1) is 5.15. The standard InChI is InChI=1S/C7H6BrClFN/c8-7-4(3-11)1-5(10)2-6(7)9/h1-2H,3,11H2. The van der Waals surface area contributed by atoms with E-state index in [4.69, 9.17) is 17.3 Å². The minimum Gasteiger partial charge on any atom is -0.326 e. The first kappa shape index (κ1) is 8.97. The summed E-state index contributed by atoms with van der Waals surface area (Å²) in [5, 5.41) is 0.352. The third-order valence-electron chi connectivity index (χ3n) is 1.29. The summed E-state index contributed by atoms with van der Waals surface area (Å²) < 4.78 is 13.3. The lowest BCUT2D eigenvalue weighted by Crippen LogP contribution is -1.98. The van der Waals surface area contributed by atoms with E-state index in [1.807, 2.05) is 0 Å². The monoisotopic (exact) mass is 237 g/mol. The van der Waals surface area contributed by atoms with E-state index in [9.17, 15) is 4.39 Å². The summed E-state index contributed by atoms with van der Waals surface area (Å²) in [6, 6.07) is 2.60. The molecule has 0 amide bonds. The van der Waals surface area contributed by atoms with E-state index in [0.717, 1.165) is 0 Å². The van der Waals surface area contributed by atoms with Crippen LogP contribution >= 0.6 is 27.5 Å². The Labute approximate surface area is 77.5 Å². The van der Waals surface area contributed by atoms with Crippen LogP contribution in [0.5, 0.6) is 0 Å². The van der Waals surface area contributed by atoms with E-state index in [1.54, 1.807) is 0 Å². The quantitative estimate of drug-likeness (QED) is 0.748. The van der Waals surface area contributed by atoms with Gasteiger partial charge >= 0.3 is 0 Å². The van der Waals surface area contributed by atoms with E-state index in [1.165, 1.54) is 12.1 Å². The molecule has 0 atom stereocenters. The van der Waals surface area contributed by atoms with Crippen molar-refractivity contribution in [3.05, 3.63) is 33.0 Å². The van der Waals surface area contributed by atoms with Gasteiger partial charge in [-0.1, -0.05) is 11.6 Å². The smallest absolute Gasteiger partial charge is 0.125 e. The highest BCUT2D eigenvalue weighted by molar-refractivity contribution is 9.10. The molecule has 0 radical (unpaired) electrons. The minimum absolute atomic E-state index is 0.276. The Kier molecular flexibility index (Phi) is 2.87. The molecule has 1 nitrogen and oxygen atoms in total. The highest BCUT2D eigenvalue weighted by atomic mass is 79.9. The van der Waals surface area contributed by atoms with E-state index < -0.39 is 0 Å². The fourth-order valence-electron chi connectivity index (χ4n) is 0.758. The average Bonchev–Trinajstić information content (AvgIpc) is 1.96. The van der Waals surface area contributed by atoms with Crippen LogP contribution < -0.4 is 5.73 Å². The zero-order chi connectivity index (χ0) is 8.43. The molecule has 60 valence electrons. The maximum absolute atomic E-state index is 12.6. The Morgan fingerprint density at radius 1 is 1.55 bits per heavy atom. The van der Waals surface area contributed by atoms with Crippen molar-refractivity contribution >= 4 is 27.5 Å². The Hall–Kier alpha value is -0.120. The topological polar surface area (TPSA) is 26.0 Å². The second-order valence-electron chi connectivity index (χ2n) is 2.06. The van der Waals surface area contributed by atoms with Gasteiger partial charge in [0.05, 0.1) is 5.02 Å². The number of benzene rings is 1. The van der Waals surface area contributed by atoms with Crippen molar-refractivity contribution < 1.29 is 4.39 Å². The number of nitrogens with two attached hydrogens (primary N) is 1. The van der Waals surface area contributed by atoms with Gasteiger partial charge in [-0.3, -0.25) is 0 Å². The van der Waals surface area contributed by atoms with Gasteiger partial charge in [0.1, 0.15) is 5.82 Å². The maximum Gasteiger partial charge on any atom is 0.125 e. The van der Waals surface area contributed by atoms with Gasteiger partial charge in [-0.15, -0.1) is 0 Å². The summed E-state index contributed by atoms with van der Waals surface area (Å²) in [6.45, 7) is 0.276. The molecule has 1 aromatic rings. The predicted octanol–water partition coefficient (Wildman–Crippen LogP) is 2.70. The molecule has 0 bridgehead atoms. The Morgan fingerprint density at radius 3 is 2.73 bits per heavy atom. The molecule has 0 spiro atoms. The van der Waals surface area contributed by atoms with Crippen LogP contribution in [0.1, 0.15) is 5.56 Å². The normalized spacial score (nSPS) is 10.2. The molecule has 0 aliphatic carbocycles. The highest BCUT2D eigenvalue weighted by Crippen LogP contribution is 2.27. The number of hydrogen-bond acceptors (Lipinski definition) is 1. The van der Waals surface area contributed by atoms with Gasteiger partial charge in [0.2, 0.25) is 0 Å². The lowest BCUT2D eigenvalue weighted by Gasteiger charge is -2.02. The third kappa shape index (κ3) is 1.92. The summed E-state index contributed by atoms with van der Waals surface area (Å²) in [6.07, 6.45) is 0. The molecule has 11 heavy (non-hydrogen) atoms. The molecule has 1 aromatic carbocycles. The zero-order valence-corrected chi connectivity index (χ0v) is 7.91. The van der Waals surface area contributed by atoms with Gasteiger partial charge in [0, 0.05) is 11.0 Å². The highest BCUT2D eigenvalue weighted by Gasteiger charge is 2.04. The Bertz CT molecular complexity index is 277. The van der Waals surface area contributed by atoms with E-state index in [0.29, 0.717) is 15.1 Å². The van der Waals surface area contributed by atoms with Crippen LogP contribution in [0.15, 0.2) is 16.6 Å². The first-order valence-electron chi connectivity index (χ1n) is 2.98. The molecule has 4 heteroatoms. The van der Waals surface area contributed by atoms with E-state index in [-0.39, 0.29) is 12.4 Å². The van der Waals surface area contributed by atoms with Crippen LogP contribution in [-0.2, 0) is 6.54 Å². The number of hydrogen-bond donors (Lipinski definition) is 1. The van der Waals surface area contributed by atoms with E-state index in [2.05, 4.69) is 15.9 Å². The van der Waals surface area contributed by atoms with Crippen LogP contribution in [0.4, 0.5) is 4.39 Å². The molecule has 0 aromatic heterocycles. The van der Waals surface area contributed by atoms with Gasteiger partial charge in [-0.2, -0.15) is 0 Å². The van der Waals surface area contributed by atoms with Gasteiger partial charge in [0.25, 0.3) is 0 Å². The SMILES string of the molecule is NCc1cc(F)cc(Cl)c1Br. The summed E-state index contributed by atoms with van der Waals surface area (Å²) in [4.78, 5) is 0. The van der Waals surface area contributed by atoms with Crippen molar-refractivity contribution in [2.24, 2.45) is 5.73 Å². The fourth-order valence-corrected chi connectivity index (χ4v) is 1.37. The molecule has 0 fully saturated rings. The lowest BCUT2D eigenvalue weighted by molar-refractivity contribution is 0.625. The van der Waals surface area contributed by atoms with Crippen LogP contribution in [0.25, 0.3) is 0 Å². The molecule has 0 aliphatic heterocycles. The fraction of sp³-hybridized carbons (Fsp3) is 0.143. The zero-order valence-electron chi connectivity index (χ0n) is 5.57. The van der Waals surface area contributed by atoms with Gasteiger partial charge < -0.3 is 5.73 Å². The molecule has 0 saturated carbocycles. The molecular formula is C7H6BrClFN. The van der Waals surface area contributed by atoms with Crippen molar-refractivity contribution in [1.29, 1.82) is 0 Å². The number of rotatable bonds is 1. The van der Waals surface area contributed by atoms with Crippen molar-refractivity contribution in [3.8, 4) is 0 Å². The third-order valence-corrected chi connectivity index (χ3v) is 2.75. The first-order valence-corrected chi connectivity index (χ1v) is 4.15. The Morgan fingerprint density at radius 2 is 2.18 bits per heavy atom. The van der Waals surface area contributed by atoms with Gasteiger partial charge in [-0.25, -0.2) is 4.39 Å². The molecule has 0 heterocycles. The molecule has 0 aliphatic rings. The summed E-state index contributed by atoms with van der Waals surface area (Å²) in [7, 11) is 0. The van der Waals surface area contributed by atoms with Crippen LogP contribution in [-0.4, -0.2) is 0 Å². The molecular weight excluding hydrogens is 232 g/mol. The summed E-state index contributed by atoms with van der Waals surface area (Å²) in [5.41, 5.74) is 6.01. The Balaban J connectivity index is 3.24. The largest absolute Gasteiger partial charge is 0.326 e. The van der Waals surface area contributed by atoms with Gasteiger partial charge in [0.15, 0.2) is 0 Å². The van der Waals surface area contributed by atoms with Crippen molar-refractivity contribution in [3.63, 3.8) is 0 Å².